The third kappa shape index (κ3) is 4.78. The van der Waals surface area contributed by atoms with Gasteiger partial charge in [0.05, 0.1) is 6.54 Å². The Labute approximate surface area is 190 Å². The van der Waals surface area contributed by atoms with Crippen LogP contribution >= 0.6 is 0 Å². The van der Waals surface area contributed by atoms with Crippen LogP contribution in [0.15, 0.2) is 47.1 Å². The number of piperazine rings is 1. The SMILES string of the molecule is Cc1cccc(N2CCN(Cc3nc(-c4ccc(N5CCC[C@H](C)C5)nc4)no3)CC2)c1. The standard InChI is InChI=1S/C25H32N6O/c1-19-5-3-7-22(15-19)30-13-11-29(12-14-30)18-24-27-25(28-32-24)21-8-9-23(26-16-21)31-10-4-6-20(2)17-31/h3,5,7-9,15-16,20H,4,6,10-14,17-18H2,1-2H3/t20-/m0/s1. The number of rotatable bonds is 5. The number of anilines is 2. The van der Waals surface area contributed by atoms with Crippen molar-refractivity contribution >= 4 is 11.5 Å². The predicted molar refractivity (Wildman–Crippen MR) is 127 cm³/mol. The van der Waals surface area contributed by atoms with Gasteiger partial charge in [0.1, 0.15) is 5.82 Å². The summed E-state index contributed by atoms with van der Waals surface area (Å²) in [6, 6.07) is 12.9. The number of nitrogens with zero attached hydrogens (tertiary/aromatic N) is 6. The van der Waals surface area contributed by atoms with Gasteiger partial charge in [-0.05, 0) is 55.5 Å². The Morgan fingerprint density at radius 1 is 1.03 bits per heavy atom. The van der Waals surface area contributed by atoms with Crippen LogP contribution in [0.25, 0.3) is 11.4 Å². The molecule has 2 aliphatic heterocycles. The molecule has 4 heterocycles. The van der Waals surface area contributed by atoms with E-state index in [1.54, 1.807) is 0 Å². The van der Waals surface area contributed by atoms with E-state index < -0.39 is 0 Å². The van der Waals surface area contributed by atoms with E-state index in [1.807, 2.05) is 6.20 Å². The van der Waals surface area contributed by atoms with E-state index in [-0.39, 0.29) is 0 Å². The molecule has 2 aliphatic rings. The van der Waals surface area contributed by atoms with Crippen molar-refractivity contribution in [3.63, 3.8) is 0 Å². The first-order chi connectivity index (χ1) is 15.6. The first-order valence-electron chi connectivity index (χ1n) is 11.7. The molecule has 0 spiro atoms. The summed E-state index contributed by atoms with van der Waals surface area (Å²) >= 11 is 0. The van der Waals surface area contributed by atoms with Gasteiger partial charge in [0, 0.05) is 56.7 Å². The number of benzene rings is 1. The summed E-state index contributed by atoms with van der Waals surface area (Å²) in [5, 5.41) is 4.20. The summed E-state index contributed by atoms with van der Waals surface area (Å²) in [5.74, 6) is 3.04. The van der Waals surface area contributed by atoms with Crippen molar-refractivity contribution in [2.24, 2.45) is 5.92 Å². The van der Waals surface area contributed by atoms with Crippen molar-refractivity contribution in [1.82, 2.24) is 20.0 Å². The van der Waals surface area contributed by atoms with Gasteiger partial charge in [0.15, 0.2) is 0 Å². The molecule has 5 rings (SSSR count). The summed E-state index contributed by atoms with van der Waals surface area (Å²) in [7, 11) is 0. The van der Waals surface area contributed by atoms with Crippen molar-refractivity contribution in [3.05, 3.63) is 54.0 Å². The lowest BCUT2D eigenvalue weighted by Crippen LogP contribution is -2.46. The first kappa shape index (κ1) is 20.9. The van der Waals surface area contributed by atoms with Crippen molar-refractivity contribution < 1.29 is 4.52 Å². The lowest BCUT2D eigenvalue weighted by Gasteiger charge is -2.35. The van der Waals surface area contributed by atoms with E-state index in [1.165, 1.54) is 24.1 Å². The minimum atomic E-state index is 0.615. The van der Waals surface area contributed by atoms with E-state index in [4.69, 9.17) is 4.52 Å². The number of hydrogen-bond acceptors (Lipinski definition) is 7. The van der Waals surface area contributed by atoms with E-state index in [2.05, 4.69) is 80.1 Å². The number of pyridine rings is 1. The summed E-state index contributed by atoms with van der Waals surface area (Å²) in [4.78, 5) is 16.5. The van der Waals surface area contributed by atoms with Crippen LogP contribution in [0.2, 0.25) is 0 Å². The molecule has 2 saturated heterocycles. The largest absolute Gasteiger partial charge is 0.369 e. The molecule has 1 aromatic carbocycles. The number of aromatic nitrogens is 3. The summed E-state index contributed by atoms with van der Waals surface area (Å²) < 4.78 is 5.56. The number of piperidine rings is 1. The van der Waals surface area contributed by atoms with Crippen LogP contribution in [-0.2, 0) is 6.54 Å². The van der Waals surface area contributed by atoms with E-state index in [0.29, 0.717) is 18.3 Å². The Morgan fingerprint density at radius 2 is 1.91 bits per heavy atom. The fourth-order valence-electron chi connectivity index (χ4n) is 4.72. The highest BCUT2D eigenvalue weighted by Gasteiger charge is 2.21. The topological polar surface area (TPSA) is 61.5 Å². The normalized spacial score (nSPS) is 20.0. The molecule has 0 saturated carbocycles. The molecule has 3 aromatic rings. The van der Waals surface area contributed by atoms with Gasteiger partial charge in [0.2, 0.25) is 11.7 Å². The maximum Gasteiger partial charge on any atom is 0.241 e. The van der Waals surface area contributed by atoms with Gasteiger partial charge in [-0.15, -0.1) is 0 Å². The molecule has 0 N–H and O–H groups in total. The van der Waals surface area contributed by atoms with Crippen LogP contribution in [0.4, 0.5) is 11.5 Å². The highest BCUT2D eigenvalue weighted by atomic mass is 16.5. The van der Waals surface area contributed by atoms with Gasteiger partial charge in [-0.1, -0.05) is 24.2 Å². The van der Waals surface area contributed by atoms with Crippen molar-refractivity contribution in [1.29, 1.82) is 0 Å². The van der Waals surface area contributed by atoms with Crippen molar-refractivity contribution in [2.45, 2.75) is 33.2 Å². The average Bonchev–Trinajstić information content (AvgIpc) is 3.28. The van der Waals surface area contributed by atoms with Crippen LogP contribution in [0.3, 0.4) is 0 Å². The highest BCUT2D eigenvalue weighted by Crippen LogP contribution is 2.24. The fraction of sp³-hybridized carbons (Fsp3) is 0.480. The van der Waals surface area contributed by atoms with Crippen LogP contribution in [0.5, 0.6) is 0 Å². The summed E-state index contributed by atoms with van der Waals surface area (Å²) in [6.07, 6.45) is 4.41. The molecular formula is C25H32N6O. The van der Waals surface area contributed by atoms with E-state index in [9.17, 15) is 0 Å². The minimum Gasteiger partial charge on any atom is -0.369 e. The van der Waals surface area contributed by atoms with Crippen LogP contribution in [0.1, 0.15) is 31.2 Å². The van der Waals surface area contributed by atoms with Gasteiger partial charge in [-0.2, -0.15) is 4.98 Å². The Morgan fingerprint density at radius 3 is 2.66 bits per heavy atom. The van der Waals surface area contributed by atoms with E-state index in [0.717, 1.165) is 56.6 Å². The molecule has 0 bridgehead atoms. The second-order valence-corrected chi connectivity index (χ2v) is 9.21. The third-order valence-corrected chi connectivity index (χ3v) is 6.55. The average molecular weight is 433 g/mol. The second kappa shape index (κ2) is 9.28. The van der Waals surface area contributed by atoms with Gasteiger partial charge in [0.25, 0.3) is 0 Å². The Bertz CT molecular complexity index is 1020. The molecule has 2 fully saturated rings. The number of aryl methyl sites for hydroxylation is 1. The Hall–Kier alpha value is -2.93. The molecule has 1 atom stereocenters. The molecule has 0 amide bonds. The molecule has 2 aromatic heterocycles. The zero-order valence-corrected chi connectivity index (χ0v) is 19.1. The summed E-state index contributed by atoms with van der Waals surface area (Å²) in [6.45, 7) is 11.3. The Balaban J connectivity index is 1.17. The monoisotopic (exact) mass is 432 g/mol. The molecule has 32 heavy (non-hydrogen) atoms. The molecule has 0 aliphatic carbocycles. The fourth-order valence-corrected chi connectivity index (χ4v) is 4.72. The molecule has 0 radical (unpaired) electrons. The third-order valence-electron chi connectivity index (χ3n) is 6.55. The van der Waals surface area contributed by atoms with Gasteiger partial charge in [-0.25, -0.2) is 4.98 Å². The van der Waals surface area contributed by atoms with Gasteiger partial charge in [-0.3, -0.25) is 4.90 Å². The first-order valence-corrected chi connectivity index (χ1v) is 11.7. The lowest BCUT2D eigenvalue weighted by molar-refractivity contribution is 0.215. The molecule has 7 nitrogen and oxygen atoms in total. The molecule has 7 heteroatoms. The maximum absolute atomic E-state index is 5.56. The van der Waals surface area contributed by atoms with Gasteiger partial charge < -0.3 is 14.3 Å². The van der Waals surface area contributed by atoms with E-state index >= 15 is 0 Å². The quantitative estimate of drug-likeness (QED) is 0.604. The van der Waals surface area contributed by atoms with Gasteiger partial charge >= 0.3 is 0 Å². The summed E-state index contributed by atoms with van der Waals surface area (Å²) in [5.41, 5.74) is 3.51. The van der Waals surface area contributed by atoms with Crippen LogP contribution < -0.4 is 9.80 Å². The number of hydrogen-bond donors (Lipinski definition) is 0. The smallest absolute Gasteiger partial charge is 0.241 e. The zero-order chi connectivity index (χ0) is 21.9. The lowest BCUT2D eigenvalue weighted by atomic mass is 10.0. The zero-order valence-electron chi connectivity index (χ0n) is 19.1. The van der Waals surface area contributed by atoms with Crippen molar-refractivity contribution in [3.8, 4) is 11.4 Å². The molecule has 0 unspecified atom stereocenters. The maximum atomic E-state index is 5.56. The molecule has 168 valence electrons. The van der Waals surface area contributed by atoms with Crippen molar-refractivity contribution in [2.75, 3.05) is 49.1 Å². The molecular weight excluding hydrogens is 400 g/mol. The Kier molecular flexibility index (Phi) is 6.08. The van der Waals surface area contributed by atoms with Crippen LogP contribution in [0, 0.1) is 12.8 Å². The highest BCUT2D eigenvalue weighted by molar-refractivity contribution is 5.56. The second-order valence-electron chi connectivity index (χ2n) is 9.21. The van der Waals surface area contributed by atoms with Crippen LogP contribution in [-0.4, -0.2) is 59.3 Å². The predicted octanol–water partition coefficient (Wildman–Crippen LogP) is 4.00. The minimum absolute atomic E-state index is 0.615.